The Morgan fingerprint density at radius 2 is 1.38 bits per heavy atom. The molecule has 0 bridgehead atoms. The van der Waals surface area contributed by atoms with Crippen LogP contribution in [0.25, 0.3) is 11.1 Å². The number of hydrogen-bond acceptors (Lipinski definition) is 0. The van der Waals surface area contributed by atoms with E-state index in [-0.39, 0.29) is 0 Å². The van der Waals surface area contributed by atoms with Gasteiger partial charge in [0.1, 0.15) is 0 Å². The van der Waals surface area contributed by atoms with Crippen molar-refractivity contribution in [3.8, 4) is 11.1 Å². The predicted molar refractivity (Wildman–Crippen MR) is 110 cm³/mol. The van der Waals surface area contributed by atoms with Crippen molar-refractivity contribution in [1.82, 2.24) is 0 Å². The van der Waals surface area contributed by atoms with Crippen molar-refractivity contribution in [2.24, 2.45) is 0 Å². The van der Waals surface area contributed by atoms with Gasteiger partial charge in [-0.15, -0.1) is 0 Å². The summed E-state index contributed by atoms with van der Waals surface area (Å²) in [4.78, 5) is 0. The van der Waals surface area contributed by atoms with Crippen molar-refractivity contribution >= 4 is 45.2 Å². The Morgan fingerprint density at radius 1 is 0.857 bits per heavy atom. The van der Waals surface area contributed by atoms with E-state index in [2.05, 4.69) is 115 Å². The van der Waals surface area contributed by atoms with Crippen molar-refractivity contribution < 1.29 is 0 Å². The van der Waals surface area contributed by atoms with E-state index in [1.54, 1.807) is 0 Å². The summed E-state index contributed by atoms with van der Waals surface area (Å²) in [5, 5.41) is 0. The van der Waals surface area contributed by atoms with Crippen LogP contribution >= 0.6 is 45.2 Å². The maximum atomic E-state index is 2.32. The van der Waals surface area contributed by atoms with Gasteiger partial charge in [-0.05, 0) is 50.2 Å². The Labute approximate surface area is 154 Å². The highest BCUT2D eigenvalue weighted by atomic mass is 127. The number of allylic oxidation sites excluding steroid dienone is 2. The smallest absolute Gasteiger partial charge is 0.00835 e. The summed E-state index contributed by atoms with van der Waals surface area (Å²) in [7, 11) is 0. The molecule has 0 aliphatic heterocycles. The highest BCUT2D eigenvalue weighted by Gasteiger charge is 2.10. The zero-order chi connectivity index (χ0) is 15.1. The second kappa shape index (κ2) is 8.73. The summed E-state index contributed by atoms with van der Waals surface area (Å²) in [5.74, 6) is 0. The minimum absolute atomic E-state index is 0.982. The second-order valence-electron chi connectivity index (χ2n) is 4.96. The normalized spacial score (nSPS) is 11.6. The molecule has 21 heavy (non-hydrogen) atoms. The molecule has 0 saturated heterocycles. The molecule has 0 aromatic heterocycles. The summed E-state index contributed by atoms with van der Waals surface area (Å²) < 4.78 is 4.19. The number of rotatable bonds is 5. The quantitative estimate of drug-likeness (QED) is 0.404. The van der Waals surface area contributed by atoms with Crippen molar-refractivity contribution in [3.05, 3.63) is 79.5 Å². The number of halogens is 2. The molecule has 0 amide bonds. The molecule has 2 rings (SSSR count). The van der Waals surface area contributed by atoms with Crippen LogP contribution in [0.2, 0.25) is 0 Å². The Bertz CT molecular complexity index is 605. The van der Waals surface area contributed by atoms with Gasteiger partial charge in [-0.3, -0.25) is 0 Å². The predicted octanol–water partition coefficient (Wildman–Crippen LogP) is 6.64. The first-order valence-corrected chi connectivity index (χ1v) is 9.43. The van der Waals surface area contributed by atoms with Gasteiger partial charge in [0.05, 0.1) is 0 Å². The standard InChI is InChI=1S/C19H18I2/c1-15-13-17(9-5-11-20)19(16-7-3-2-4-8-16)18(14-15)10-6-12-21/h2-8,11-14H,9-10H2,1H3/b11-5+,12-6+. The Balaban J connectivity index is 2.60. The summed E-state index contributed by atoms with van der Waals surface area (Å²) in [6.45, 7) is 2.18. The van der Waals surface area contributed by atoms with Crippen LogP contribution in [0, 0.1) is 6.92 Å². The number of benzene rings is 2. The topological polar surface area (TPSA) is 0 Å². The van der Waals surface area contributed by atoms with Crippen LogP contribution in [-0.4, -0.2) is 0 Å². The molecule has 0 aliphatic rings. The first-order valence-electron chi connectivity index (χ1n) is 6.94. The van der Waals surface area contributed by atoms with Gasteiger partial charge in [0.25, 0.3) is 0 Å². The zero-order valence-electron chi connectivity index (χ0n) is 12.0. The Kier molecular flexibility index (Phi) is 6.96. The van der Waals surface area contributed by atoms with E-state index in [4.69, 9.17) is 0 Å². The van der Waals surface area contributed by atoms with E-state index in [1.807, 2.05) is 0 Å². The molecule has 0 fully saturated rings. The van der Waals surface area contributed by atoms with E-state index >= 15 is 0 Å². The van der Waals surface area contributed by atoms with Gasteiger partial charge in [0.15, 0.2) is 0 Å². The fourth-order valence-corrected chi connectivity index (χ4v) is 3.09. The highest BCUT2D eigenvalue weighted by molar-refractivity contribution is 14.1. The molecule has 0 aliphatic carbocycles. The van der Waals surface area contributed by atoms with E-state index in [1.165, 1.54) is 27.8 Å². The number of aryl methyl sites for hydroxylation is 1. The summed E-state index contributed by atoms with van der Waals surface area (Å²) >= 11 is 4.58. The van der Waals surface area contributed by atoms with E-state index in [0.717, 1.165) is 12.8 Å². The first kappa shape index (κ1) is 16.7. The molecule has 0 spiro atoms. The summed E-state index contributed by atoms with van der Waals surface area (Å²) in [6.07, 6.45) is 6.41. The molecule has 0 saturated carbocycles. The van der Waals surface area contributed by atoms with E-state index in [9.17, 15) is 0 Å². The highest BCUT2D eigenvalue weighted by Crippen LogP contribution is 2.30. The lowest BCUT2D eigenvalue weighted by Crippen LogP contribution is -1.97. The Morgan fingerprint density at radius 3 is 1.86 bits per heavy atom. The molecule has 0 nitrogen and oxygen atoms in total. The SMILES string of the molecule is Cc1cc(C/C=C/I)c(-c2ccccc2)c(C/C=C/I)c1. The van der Waals surface area contributed by atoms with Gasteiger partial charge >= 0.3 is 0 Å². The maximum Gasteiger partial charge on any atom is -0.00835 e. The van der Waals surface area contributed by atoms with Crippen LogP contribution in [0.1, 0.15) is 16.7 Å². The van der Waals surface area contributed by atoms with Crippen LogP contribution in [0.5, 0.6) is 0 Å². The van der Waals surface area contributed by atoms with Gasteiger partial charge in [-0.2, -0.15) is 0 Å². The van der Waals surface area contributed by atoms with Crippen LogP contribution in [0.3, 0.4) is 0 Å². The van der Waals surface area contributed by atoms with Crippen molar-refractivity contribution in [1.29, 1.82) is 0 Å². The average molecular weight is 500 g/mol. The van der Waals surface area contributed by atoms with Gasteiger partial charge in [-0.1, -0.05) is 105 Å². The monoisotopic (exact) mass is 500 g/mol. The van der Waals surface area contributed by atoms with Crippen LogP contribution in [-0.2, 0) is 12.8 Å². The lowest BCUT2D eigenvalue weighted by atomic mass is 9.89. The largest absolute Gasteiger partial charge is 0.0740 e. The third-order valence-corrected chi connectivity index (χ3v) is 4.38. The molecular formula is C19H18I2. The third-order valence-electron chi connectivity index (χ3n) is 3.36. The molecule has 0 radical (unpaired) electrons. The average Bonchev–Trinajstić information content (AvgIpc) is 2.51. The molecule has 0 atom stereocenters. The first-order chi connectivity index (χ1) is 10.3. The van der Waals surface area contributed by atoms with Gasteiger partial charge < -0.3 is 0 Å². The minimum Gasteiger partial charge on any atom is -0.0740 e. The lowest BCUT2D eigenvalue weighted by molar-refractivity contribution is 1.19. The van der Waals surface area contributed by atoms with E-state index < -0.39 is 0 Å². The van der Waals surface area contributed by atoms with Gasteiger partial charge in [0.2, 0.25) is 0 Å². The molecule has 2 aromatic carbocycles. The molecule has 0 unspecified atom stereocenters. The zero-order valence-corrected chi connectivity index (χ0v) is 16.3. The third kappa shape index (κ3) is 4.68. The fourth-order valence-electron chi connectivity index (χ4n) is 2.58. The van der Waals surface area contributed by atoms with E-state index in [0.29, 0.717) is 0 Å². The Hall–Kier alpha value is -0.620. The molecule has 2 aromatic rings. The second-order valence-corrected chi connectivity index (χ2v) is 6.39. The van der Waals surface area contributed by atoms with Crippen molar-refractivity contribution in [2.75, 3.05) is 0 Å². The van der Waals surface area contributed by atoms with Gasteiger partial charge in [0, 0.05) is 0 Å². The molecule has 0 heterocycles. The molecule has 2 heteroatoms. The molecule has 108 valence electrons. The molecular weight excluding hydrogens is 482 g/mol. The van der Waals surface area contributed by atoms with Crippen LogP contribution < -0.4 is 0 Å². The number of hydrogen-bond donors (Lipinski definition) is 0. The molecule has 0 N–H and O–H groups in total. The fraction of sp³-hybridized carbons (Fsp3) is 0.158. The summed E-state index contributed by atoms with van der Waals surface area (Å²) in [5.41, 5.74) is 6.86. The maximum absolute atomic E-state index is 2.32. The van der Waals surface area contributed by atoms with Gasteiger partial charge in [-0.25, -0.2) is 0 Å². The lowest BCUT2D eigenvalue weighted by Gasteiger charge is -2.15. The van der Waals surface area contributed by atoms with Crippen molar-refractivity contribution in [3.63, 3.8) is 0 Å². The summed E-state index contributed by atoms with van der Waals surface area (Å²) in [6, 6.07) is 15.4. The van der Waals surface area contributed by atoms with Crippen molar-refractivity contribution in [2.45, 2.75) is 19.8 Å². The van der Waals surface area contributed by atoms with Crippen LogP contribution in [0.15, 0.2) is 62.8 Å². The minimum atomic E-state index is 0.982. The van der Waals surface area contributed by atoms with Crippen LogP contribution in [0.4, 0.5) is 0 Å².